The molecule has 1 atom stereocenters. The van der Waals surface area contributed by atoms with Gasteiger partial charge in [0, 0.05) is 19.6 Å². The molecule has 116 valence electrons. The maximum atomic E-state index is 13.0. The van der Waals surface area contributed by atoms with Crippen LogP contribution in [0, 0.1) is 5.82 Å². The number of ether oxygens (including phenoxy) is 1. The van der Waals surface area contributed by atoms with Gasteiger partial charge in [-0.05, 0) is 29.3 Å². The zero-order valence-corrected chi connectivity index (χ0v) is 12.8. The van der Waals surface area contributed by atoms with Gasteiger partial charge in [0.05, 0.1) is 17.7 Å². The van der Waals surface area contributed by atoms with Crippen molar-refractivity contribution in [1.29, 1.82) is 0 Å². The van der Waals surface area contributed by atoms with Gasteiger partial charge in [0.2, 0.25) is 0 Å². The topological polar surface area (TPSA) is 32.7 Å². The highest BCUT2D eigenvalue weighted by Gasteiger charge is 2.22. The van der Waals surface area contributed by atoms with Crippen molar-refractivity contribution in [1.82, 2.24) is 4.90 Å². The second-order valence-corrected chi connectivity index (χ2v) is 5.77. The van der Waals surface area contributed by atoms with Crippen LogP contribution in [0.3, 0.4) is 0 Å². The Morgan fingerprint density at radius 2 is 2.00 bits per heavy atom. The summed E-state index contributed by atoms with van der Waals surface area (Å²) in [6, 6.07) is 11.7. The number of morpholine rings is 1. The van der Waals surface area contributed by atoms with Crippen LogP contribution in [0.5, 0.6) is 5.75 Å². The van der Waals surface area contributed by atoms with Crippen molar-refractivity contribution in [3.05, 3.63) is 64.4 Å². The Kier molecular flexibility index (Phi) is 4.62. The summed E-state index contributed by atoms with van der Waals surface area (Å²) in [5, 5.41) is 10.1. The third-order valence-electron chi connectivity index (χ3n) is 3.84. The van der Waals surface area contributed by atoms with Gasteiger partial charge in [0.15, 0.2) is 0 Å². The summed E-state index contributed by atoms with van der Waals surface area (Å²) in [5.41, 5.74) is 1.86. The molecule has 3 rings (SSSR count). The Hall–Kier alpha value is -1.62. The zero-order chi connectivity index (χ0) is 15.5. The van der Waals surface area contributed by atoms with Gasteiger partial charge in [-0.25, -0.2) is 4.39 Å². The first-order chi connectivity index (χ1) is 10.6. The highest BCUT2D eigenvalue weighted by Crippen LogP contribution is 2.29. The van der Waals surface area contributed by atoms with E-state index in [-0.39, 0.29) is 17.7 Å². The van der Waals surface area contributed by atoms with Crippen molar-refractivity contribution < 1.29 is 14.2 Å². The average Bonchev–Trinajstić information content (AvgIpc) is 2.53. The second kappa shape index (κ2) is 6.65. The SMILES string of the molecule is Oc1cccc(CN2CCOC(c3ccc(F)cc3)C2)c1Cl. The highest BCUT2D eigenvalue weighted by atomic mass is 35.5. The number of nitrogens with zero attached hydrogens (tertiary/aromatic N) is 1. The molecular weight excluding hydrogens is 305 g/mol. The minimum absolute atomic E-state index is 0.0783. The van der Waals surface area contributed by atoms with Gasteiger partial charge in [-0.3, -0.25) is 4.90 Å². The van der Waals surface area contributed by atoms with Gasteiger partial charge in [-0.15, -0.1) is 0 Å². The molecule has 1 aliphatic heterocycles. The number of hydrogen-bond donors (Lipinski definition) is 1. The van der Waals surface area contributed by atoms with Crippen molar-refractivity contribution >= 4 is 11.6 Å². The van der Waals surface area contributed by atoms with E-state index >= 15 is 0 Å². The summed E-state index contributed by atoms with van der Waals surface area (Å²) in [5.74, 6) is -0.148. The third-order valence-corrected chi connectivity index (χ3v) is 4.28. The van der Waals surface area contributed by atoms with Crippen LogP contribution in [0.1, 0.15) is 17.2 Å². The first kappa shape index (κ1) is 15.3. The van der Waals surface area contributed by atoms with E-state index in [0.717, 1.165) is 17.7 Å². The van der Waals surface area contributed by atoms with Crippen molar-refractivity contribution in [3.63, 3.8) is 0 Å². The molecule has 0 amide bonds. The number of phenolic OH excluding ortho intramolecular Hbond substituents is 1. The predicted octanol–water partition coefficient (Wildman–Crippen LogP) is 3.76. The maximum Gasteiger partial charge on any atom is 0.134 e. The molecule has 22 heavy (non-hydrogen) atoms. The normalized spacial score (nSPS) is 19.3. The predicted molar refractivity (Wildman–Crippen MR) is 83.5 cm³/mol. The van der Waals surface area contributed by atoms with Crippen LogP contribution < -0.4 is 0 Å². The lowest BCUT2D eigenvalue weighted by Crippen LogP contribution is -2.37. The minimum Gasteiger partial charge on any atom is -0.506 e. The Bertz CT molecular complexity index is 648. The Morgan fingerprint density at radius 3 is 2.77 bits per heavy atom. The van der Waals surface area contributed by atoms with Crippen molar-refractivity contribution in [2.24, 2.45) is 0 Å². The molecule has 0 saturated carbocycles. The van der Waals surface area contributed by atoms with Crippen LogP contribution >= 0.6 is 11.6 Å². The summed E-state index contributed by atoms with van der Waals surface area (Å²) in [6.07, 6.45) is -0.0783. The van der Waals surface area contributed by atoms with Crippen LogP contribution in [0.25, 0.3) is 0 Å². The molecule has 1 heterocycles. The fourth-order valence-corrected chi connectivity index (χ4v) is 2.84. The Labute approximate surface area is 133 Å². The first-order valence-corrected chi connectivity index (χ1v) is 7.57. The average molecular weight is 322 g/mol. The molecule has 0 aromatic heterocycles. The van der Waals surface area contributed by atoms with Gasteiger partial charge >= 0.3 is 0 Å². The van der Waals surface area contributed by atoms with Crippen LogP contribution in [-0.2, 0) is 11.3 Å². The number of halogens is 2. The van der Waals surface area contributed by atoms with Gasteiger partial charge in [0.1, 0.15) is 11.6 Å². The van der Waals surface area contributed by atoms with Crippen LogP contribution in [0.4, 0.5) is 4.39 Å². The maximum absolute atomic E-state index is 13.0. The molecule has 2 aromatic rings. The lowest BCUT2D eigenvalue weighted by atomic mass is 10.1. The van der Waals surface area contributed by atoms with E-state index < -0.39 is 0 Å². The quantitative estimate of drug-likeness (QED) is 0.934. The van der Waals surface area contributed by atoms with Crippen molar-refractivity contribution in [2.75, 3.05) is 19.7 Å². The zero-order valence-electron chi connectivity index (χ0n) is 12.0. The molecule has 3 nitrogen and oxygen atoms in total. The molecule has 0 radical (unpaired) electrons. The molecule has 0 aliphatic carbocycles. The third kappa shape index (κ3) is 3.40. The first-order valence-electron chi connectivity index (χ1n) is 7.19. The number of rotatable bonds is 3. The number of hydrogen-bond acceptors (Lipinski definition) is 3. The number of benzene rings is 2. The highest BCUT2D eigenvalue weighted by molar-refractivity contribution is 6.32. The summed E-state index contributed by atoms with van der Waals surface area (Å²) in [7, 11) is 0. The molecule has 0 bridgehead atoms. The van der Waals surface area contributed by atoms with Gasteiger partial charge < -0.3 is 9.84 Å². The fraction of sp³-hybridized carbons (Fsp3) is 0.294. The van der Waals surface area contributed by atoms with E-state index in [1.54, 1.807) is 24.3 Å². The van der Waals surface area contributed by atoms with Crippen LogP contribution in [0.15, 0.2) is 42.5 Å². The Morgan fingerprint density at radius 1 is 1.23 bits per heavy atom. The minimum atomic E-state index is -0.247. The summed E-state index contributed by atoms with van der Waals surface area (Å²) in [4.78, 5) is 2.22. The molecular formula is C17H17ClFNO2. The smallest absolute Gasteiger partial charge is 0.134 e. The van der Waals surface area contributed by atoms with Crippen LogP contribution in [-0.4, -0.2) is 29.7 Å². The van der Waals surface area contributed by atoms with Crippen LogP contribution in [0.2, 0.25) is 5.02 Å². The van der Waals surface area contributed by atoms with Gasteiger partial charge in [-0.1, -0.05) is 35.9 Å². The van der Waals surface area contributed by atoms with E-state index in [4.69, 9.17) is 16.3 Å². The molecule has 1 unspecified atom stereocenters. The molecule has 1 saturated heterocycles. The Balaban J connectivity index is 1.70. The lowest BCUT2D eigenvalue weighted by molar-refractivity contribution is -0.0329. The largest absolute Gasteiger partial charge is 0.506 e. The second-order valence-electron chi connectivity index (χ2n) is 5.40. The molecule has 2 aromatic carbocycles. The summed E-state index contributed by atoms with van der Waals surface area (Å²) < 4.78 is 18.8. The summed E-state index contributed by atoms with van der Waals surface area (Å²) >= 11 is 6.13. The molecule has 1 fully saturated rings. The van der Waals surface area contributed by atoms with Crippen molar-refractivity contribution in [2.45, 2.75) is 12.6 Å². The van der Waals surface area contributed by atoms with Crippen molar-refractivity contribution in [3.8, 4) is 5.75 Å². The van der Waals surface area contributed by atoms with E-state index in [2.05, 4.69) is 4.90 Å². The van der Waals surface area contributed by atoms with E-state index in [1.165, 1.54) is 12.1 Å². The monoisotopic (exact) mass is 321 g/mol. The lowest BCUT2D eigenvalue weighted by Gasteiger charge is -2.33. The van der Waals surface area contributed by atoms with Gasteiger partial charge in [0.25, 0.3) is 0 Å². The van der Waals surface area contributed by atoms with E-state index in [9.17, 15) is 9.50 Å². The standard InChI is InChI=1S/C17H17ClFNO2/c18-17-13(2-1-3-15(17)21)10-20-8-9-22-16(11-20)12-4-6-14(19)7-5-12/h1-7,16,21H,8-11H2. The number of phenols is 1. The fourth-order valence-electron chi connectivity index (χ4n) is 2.65. The molecule has 1 N–H and O–H groups in total. The molecule has 5 heteroatoms. The summed E-state index contributed by atoms with van der Waals surface area (Å²) in [6.45, 7) is 2.76. The molecule has 0 spiro atoms. The molecule has 1 aliphatic rings. The van der Waals surface area contributed by atoms with E-state index in [0.29, 0.717) is 24.7 Å². The van der Waals surface area contributed by atoms with E-state index in [1.807, 2.05) is 6.07 Å². The number of aromatic hydroxyl groups is 1. The van der Waals surface area contributed by atoms with Gasteiger partial charge in [-0.2, -0.15) is 0 Å².